The number of carbonyl (C=O) groups excluding carboxylic acids is 2. The number of thiophene rings is 1. The highest BCUT2D eigenvalue weighted by Crippen LogP contribution is 2.47. The van der Waals surface area contributed by atoms with Crippen LogP contribution >= 0.6 is 34.9 Å². The number of carboxylic acids is 1. The number of nitrogens with zero attached hydrogens (tertiary/aromatic N) is 3. The van der Waals surface area contributed by atoms with Crippen LogP contribution in [0.2, 0.25) is 0 Å². The molecule has 2 aliphatic rings. The summed E-state index contributed by atoms with van der Waals surface area (Å²) in [7, 11) is 2.81. The summed E-state index contributed by atoms with van der Waals surface area (Å²) < 4.78 is 10.7. The molecule has 2 amide bonds. The number of carboxylic acid groups (broad SMARTS) is 1. The van der Waals surface area contributed by atoms with E-state index in [4.69, 9.17) is 9.47 Å². The second-order valence-electron chi connectivity index (χ2n) is 7.00. The lowest BCUT2D eigenvalue weighted by molar-refractivity contribution is -0.192. The summed E-state index contributed by atoms with van der Waals surface area (Å²) in [5, 5.41) is 14.3. The van der Waals surface area contributed by atoms with Gasteiger partial charge in [-0.15, -0.1) is 23.1 Å². The van der Waals surface area contributed by atoms with E-state index >= 15 is 0 Å². The van der Waals surface area contributed by atoms with Crippen LogP contribution in [0.25, 0.3) is 0 Å². The van der Waals surface area contributed by atoms with E-state index in [2.05, 4.69) is 15.3 Å². The number of carbonyl (C=O) groups is 3. The van der Waals surface area contributed by atoms with Crippen molar-refractivity contribution in [1.29, 1.82) is 0 Å². The van der Waals surface area contributed by atoms with Crippen LogP contribution < -0.4 is 10.1 Å². The maximum absolute atomic E-state index is 13.2. The Bertz CT molecular complexity index is 1110. The molecular formula is C20H20N4O6S3. The number of aromatic nitrogens is 2. The third-order valence-corrected chi connectivity index (χ3v) is 8.38. The molecule has 0 radical (unpaired) electrons. The Morgan fingerprint density at radius 1 is 1.36 bits per heavy atom. The van der Waals surface area contributed by atoms with Crippen molar-refractivity contribution in [2.45, 2.75) is 22.5 Å². The average Bonchev–Trinajstić information content (AvgIpc) is 3.33. The first-order chi connectivity index (χ1) is 15.9. The Kier molecular flexibility index (Phi) is 6.93. The minimum absolute atomic E-state index is 0.0979. The van der Waals surface area contributed by atoms with Gasteiger partial charge in [-0.25, -0.2) is 14.8 Å². The zero-order valence-corrected chi connectivity index (χ0v) is 20.1. The fraction of sp³-hybridized carbons (Fsp3) is 0.350. The number of hydrogen-bond donors (Lipinski definition) is 2. The van der Waals surface area contributed by atoms with Crippen LogP contribution in [0.4, 0.5) is 0 Å². The van der Waals surface area contributed by atoms with E-state index in [9.17, 15) is 19.5 Å². The van der Waals surface area contributed by atoms with Crippen LogP contribution in [-0.4, -0.2) is 74.6 Å². The molecule has 0 aromatic carbocycles. The van der Waals surface area contributed by atoms with Crippen molar-refractivity contribution in [3.63, 3.8) is 0 Å². The standard InChI is InChI=1S/C20H20N4O6S3/c1-29-15-16(22-6-5-21-15)32-9-11-10-33-19-20(30-2,18(28)24(19)14(11)17(26)27)23-13(25)8-12-4-3-7-31-12/h3-7,19H,8-10H2,1-2H3,(H,23,25)(H,26,27)/t19-,20+/m1/s1. The van der Waals surface area contributed by atoms with Crippen molar-refractivity contribution in [2.75, 3.05) is 25.7 Å². The van der Waals surface area contributed by atoms with Gasteiger partial charge in [0, 0.05) is 35.9 Å². The van der Waals surface area contributed by atoms with Gasteiger partial charge in [-0.1, -0.05) is 17.8 Å². The molecule has 2 N–H and O–H groups in total. The molecule has 2 aliphatic heterocycles. The lowest BCUT2D eigenvalue weighted by Crippen LogP contribution is -2.80. The zero-order valence-electron chi connectivity index (χ0n) is 17.6. The van der Waals surface area contributed by atoms with Crippen LogP contribution in [-0.2, 0) is 25.5 Å². The predicted octanol–water partition coefficient (Wildman–Crippen LogP) is 1.59. The van der Waals surface area contributed by atoms with Crippen molar-refractivity contribution in [1.82, 2.24) is 20.2 Å². The van der Waals surface area contributed by atoms with Gasteiger partial charge in [-0.3, -0.25) is 14.5 Å². The van der Waals surface area contributed by atoms with E-state index in [-0.39, 0.29) is 23.8 Å². The number of nitrogens with one attached hydrogen (secondary N) is 1. The molecular weight excluding hydrogens is 488 g/mol. The monoisotopic (exact) mass is 508 g/mol. The van der Waals surface area contributed by atoms with E-state index < -0.39 is 23.0 Å². The lowest BCUT2D eigenvalue weighted by Gasteiger charge is -2.55. The van der Waals surface area contributed by atoms with Crippen molar-refractivity contribution in [3.05, 3.63) is 46.1 Å². The van der Waals surface area contributed by atoms with E-state index in [0.29, 0.717) is 22.2 Å². The van der Waals surface area contributed by atoms with Crippen LogP contribution in [0.3, 0.4) is 0 Å². The molecule has 0 unspecified atom stereocenters. The number of methoxy groups -OCH3 is 2. The predicted molar refractivity (Wildman–Crippen MR) is 123 cm³/mol. The molecule has 0 bridgehead atoms. The van der Waals surface area contributed by atoms with Gasteiger partial charge in [0.25, 0.3) is 11.6 Å². The second kappa shape index (κ2) is 9.71. The molecule has 4 heterocycles. The highest BCUT2D eigenvalue weighted by Gasteiger charge is 2.66. The van der Waals surface area contributed by atoms with Crippen LogP contribution in [0.5, 0.6) is 5.88 Å². The van der Waals surface area contributed by atoms with Gasteiger partial charge < -0.3 is 19.9 Å². The summed E-state index contributed by atoms with van der Waals surface area (Å²) in [4.78, 5) is 48.2. The molecule has 174 valence electrons. The molecule has 0 aliphatic carbocycles. The van der Waals surface area contributed by atoms with Crippen molar-refractivity contribution >= 4 is 52.6 Å². The average molecular weight is 509 g/mol. The molecule has 4 rings (SSSR count). The topological polar surface area (TPSA) is 131 Å². The van der Waals surface area contributed by atoms with Crippen LogP contribution in [0.1, 0.15) is 4.88 Å². The molecule has 13 heteroatoms. The number of hydrogen-bond acceptors (Lipinski definition) is 10. The van der Waals surface area contributed by atoms with Gasteiger partial charge in [-0.05, 0) is 17.0 Å². The zero-order chi connectivity index (χ0) is 23.6. The van der Waals surface area contributed by atoms with E-state index in [0.717, 1.165) is 4.88 Å². The number of aliphatic carboxylic acids is 1. The highest BCUT2D eigenvalue weighted by molar-refractivity contribution is 8.01. The molecule has 2 aromatic heterocycles. The van der Waals surface area contributed by atoms with Gasteiger partial charge in [0.15, 0.2) is 5.03 Å². The third kappa shape index (κ3) is 4.33. The van der Waals surface area contributed by atoms with Crippen molar-refractivity contribution in [2.24, 2.45) is 0 Å². The van der Waals surface area contributed by atoms with Crippen LogP contribution in [0.15, 0.2) is 46.2 Å². The van der Waals surface area contributed by atoms with Gasteiger partial charge in [0.05, 0.1) is 13.5 Å². The normalized spacial score (nSPS) is 21.9. The highest BCUT2D eigenvalue weighted by atomic mass is 32.2. The number of thioether (sulfide) groups is 2. The fourth-order valence-electron chi connectivity index (χ4n) is 3.58. The summed E-state index contributed by atoms with van der Waals surface area (Å²) in [6, 6.07) is 3.67. The number of fused-ring (bicyclic) bond motifs is 1. The first-order valence-corrected chi connectivity index (χ1v) is 12.6. The van der Waals surface area contributed by atoms with E-state index in [1.807, 2.05) is 17.5 Å². The van der Waals surface area contributed by atoms with Crippen molar-refractivity contribution in [3.8, 4) is 5.88 Å². The Hall–Kier alpha value is -2.61. The second-order valence-corrected chi connectivity index (χ2v) is 10.1. The summed E-state index contributed by atoms with van der Waals surface area (Å²) in [6.07, 6.45) is 3.13. The summed E-state index contributed by atoms with van der Waals surface area (Å²) >= 11 is 4.05. The first-order valence-electron chi connectivity index (χ1n) is 9.68. The third-order valence-electron chi connectivity index (χ3n) is 5.08. The first kappa shape index (κ1) is 23.5. The molecule has 0 spiro atoms. The minimum Gasteiger partial charge on any atom is -0.479 e. The maximum atomic E-state index is 13.2. The van der Waals surface area contributed by atoms with E-state index in [1.165, 1.54) is 66.4 Å². The lowest BCUT2D eigenvalue weighted by atomic mass is 9.98. The molecule has 2 aromatic rings. The molecule has 1 saturated heterocycles. The van der Waals surface area contributed by atoms with Gasteiger partial charge >= 0.3 is 5.97 Å². The molecule has 0 saturated carbocycles. The SMILES string of the molecule is COc1nccnc1SCC1=C(C(=O)O)N2C(=O)[C@](NC(=O)Cc3cccs3)(OC)[C@H]2SC1. The number of ether oxygens (including phenoxy) is 2. The van der Waals surface area contributed by atoms with Crippen LogP contribution in [0, 0.1) is 0 Å². The minimum atomic E-state index is -1.60. The number of β-lactam (4-membered cyclic amide) rings is 1. The maximum Gasteiger partial charge on any atom is 0.352 e. The van der Waals surface area contributed by atoms with Gasteiger partial charge in [-0.2, -0.15) is 0 Å². The fourth-order valence-corrected chi connectivity index (χ4v) is 6.80. The van der Waals surface area contributed by atoms with Gasteiger partial charge in [0.2, 0.25) is 11.8 Å². The van der Waals surface area contributed by atoms with Crippen molar-refractivity contribution < 1.29 is 29.0 Å². The number of rotatable bonds is 9. The summed E-state index contributed by atoms with van der Waals surface area (Å²) in [5.41, 5.74) is -1.14. The Morgan fingerprint density at radius 2 is 2.15 bits per heavy atom. The summed E-state index contributed by atoms with van der Waals surface area (Å²) in [5.74, 6) is -1.23. The molecule has 1 fully saturated rings. The molecule has 2 atom stereocenters. The quantitative estimate of drug-likeness (QED) is 0.292. The number of amides is 2. The molecule has 33 heavy (non-hydrogen) atoms. The Labute approximate surface area is 201 Å². The Balaban J connectivity index is 1.53. The summed E-state index contributed by atoms with van der Waals surface area (Å²) in [6.45, 7) is 0. The Morgan fingerprint density at radius 3 is 2.82 bits per heavy atom. The smallest absolute Gasteiger partial charge is 0.352 e. The molecule has 10 nitrogen and oxygen atoms in total. The van der Waals surface area contributed by atoms with E-state index in [1.54, 1.807) is 0 Å². The van der Waals surface area contributed by atoms with Gasteiger partial charge in [0.1, 0.15) is 11.1 Å². The largest absolute Gasteiger partial charge is 0.479 e.